The van der Waals surface area contributed by atoms with Crippen molar-refractivity contribution in [3.05, 3.63) is 52.2 Å². The average Bonchev–Trinajstić information content (AvgIpc) is 2.81. The van der Waals surface area contributed by atoms with Gasteiger partial charge >= 0.3 is 0 Å². The van der Waals surface area contributed by atoms with Gasteiger partial charge in [-0.2, -0.15) is 0 Å². The minimum Gasteiger partial charge on any atom is -0.326 e. The Hall–Kier alpha value is -1.94. The van der Waals surface area contributed by atoms with Crippen LogP contribution in [0.2, 0.25) is 0 Å². The molecule has 1 aromatic heterocycles. The normalized spacial score (nSPS) is 9.94. The fraction of sp³-hybridized carbons (Fsp3) is 0.0769. The van der Waals surface area contributed by atoms with E-state index >= 15 is 0 Å². The van der Waals surface area contributed by atoms with Crippen LogP contribution in [0.3, 0.4) is 0 Å². The maximum atomic E-state index is 12.2. The van der Waals surface area contributed by atoms with E-state index in [-0.39, 0.29) is 11.7 Å². The first-order chi connectivity index (χ1) is 8.18. The van der Waals surface area contributed by atoms with Gasteiger partial charge in [0.15, 0.2) is 0 Å². The fourth-order valence-corrected chi connectivity index (χ4v) is 2.20. The Morgan fingerprint density at radius 3 is 2.53 bits per heavy atom. The number of anilines is 1. The van der Waals surface area contributed by atoms with Crippen molar-refractivity contribution in [2.45, 2.75) is 6.92 Å². The van der Waals surface area contributed by atoms with Crippen molar-refractivity contribution in [3.8, 4) is 0 Å². The monoisotopic (exact) mass is 245 g/mol. The molecule has 17 heavy (non-hydrogen) atoms. The van der Waals surface area contributed by atoms with E-state index in [1.54, 1.807) is 30.3 Å². The molecular weight excluding hydrogens is 234 g/mol. The number of rotatable bonds is 3. The Kier molecular flexibility index (Phi) is 3.35. The molecular formula is C13H11NO2S. The van der Waals surface area contributed by atoms with Gasteiger partial charge < -0.3 is 5.32 Å². The van der Waals surface area contributed by atoms with Gasteiger partial charge in [-0.25, -0.2) is 0 Å². The zero-order valence-corrected chi connectivity index (χ0v) is 10.1. The molecule has 0 aliphatic carbocycles. The molecule has 2 rings (SSSR count). The number of carbonyl (C=O) groups excluding carboxylic acids is 2. The first kappa shape index (κ1) is 11.5. The Morgan fingerprint density at radius 1 is 1.12 bits per heavy atom. The Labute approximate surface area is 103 Å². The molecule has 3 nitrogen and oxygen atoms in total. The number of thiophene rings is 1. The van der Waals surface area contributed by atoms with Crippen LogP contribution in [0, 0.1) is 0 Å². The highest BCUT2D eigenvalue weighted by Gasteiger charge is 2.14. The topological polar surface area (TPSA) is 46.2 Å². The van der Waals surface area contributed by atoms with Crippen LogP contribution in [-0.4, -0.2) is 11.7 Å². The molecule has 0 unspecified atom stereocenters. The summed E-state index contributed by atoms with van der Waals surface area (Å²) in [7, 11) is 0. The SMILES string of the molecule is CC(=O)Nc1ccccc1C(=O)c1cccs1. The summed E-state index contributed by atoms with van der Waals surface area (Å²) in [4.78, 5) is 23.9. The number of para-hydroxylation sites is 1. The quantitative estimate of drug-likeness (QED) is 0.845. The Bertz CT molecular complexity index is 546. The van der Waals surface area contributed by atoms with E-state index in [0.717, 1.165) is 0 Å². The number of amides is 1. The number of hydrogen-bond donors (Lipinski definition) is 1. The first-order valence-electron chi connectivity index (χ1n) is 5.13. The number of carbonyl (C=O) groups is 2. The lowest BCUT2D eigenvalue weighted by Gasteiger charge is -2.07. The van der Waals surface area contributed by atoms with Crippen molar-refractivity contribution in [2.75, 3.05) is 5.32 Å². The standard InChI is InChI=1S/C13H11NO2S/c1-9(15)14-11-6-3-2-5-10(11)13(16)12-7-4-8-17-12/h2-8H,1H3,(H,14,15). The molecule has 0 radical (unpaired) electrons. The molecule has 4 heteroatoms. The largest absolute Gasteiger partial charge is 0.326 e. The second-order valence-electron chi connectivity index (χ2n) is 3.53. The summed E-state index contributed by atoms with van der Waals surface area (Å²) in [6.45, 7) is 1.42. The first-order valence-corrected chi connectivity index (χ1v) is 6.01. The van der Waals surface area contributed by atoms with Crippen LogP contribution in [-0.2, 0) is 4.79 Å². The van der Waals surface area contributed by atoms with E-state index in [0.29, 0.717) is 16.1 Å². The average molecular weight is 245 g/mol. The highest BCUT2D eigenvalue weighted by molar-refractivity contribution is 7.12. The predicted octanol–water partition coefficient (Wildman–Crippen LogP) is 2.94. The molecule has 0 spiro atoms. The molecule has 86 valence electrons. The molecule has 1 amide bonds. The lowest BCUT2D eigenvalue weighted by molar-refractivity contribution is -0.114. The van der Waals surface area contributed by atoms with Gasteiger partial charge in [-0.1, -0.05) is 18.2 Å². The van der Waals surface area contributed by atoms with E-state index in [1.807, 2.05) is 11.4 Å². The van der Waals surface area contributed by atoms with Crippen molar-refractivity contribution < 1.29 is 9.59 Å². The lowest BCUT2D eigenvalue weighted by atomic mass is 10.1. The molecule has 0 saturated heterocycles. The lowest BCUT2D eigenvalue weighted by Crippen LogP contribution is -2.10. The highest BCUT2D eigenvalue weighted by atomic mass is 32.1. The third kappa shape index (κ3) is 2.60. The molecule has 1 aromatic carbocycles. The molecule has 0 aliphatic heterocycles. The molecule has 0 aliphatic rings. The highest BCUT2D eigenvalue weighted by Crippen LogP contribution is 2.21. The van der Waals surface area contributed by atoms with Crippen molar-refractivity contribution in [1.29, 1.82) is 0 Å². The van der Waals surface area contributed by atoms with E-state index in [4.69, 9.17) is 0 Å². The zero-order chi connectivity index (χ0) is 12.3. The molecule has 2 aromatic rings. The van der Waals surface area contributed by atoms with Crippen LogP contribution in [0.1, 0.15) is 22.2 Å². The van der Waals surface area contributed by atoms with E-state index in [1.165, 1.54) is 18.3 Å². The maximum Gasteiger partial charge on any atom is 0.221 e. The third-order valence-corrected chi connectivity index (χ3v) is 3.10. The fourth-order valence-electron chi connectivity index (χ4n) is 1.52. The number of ketones is 1. The van der Waals surface area contributed by atoms with Crippen molar-refractivity contribution in [2.24, 2.45) is 0 Å². The second kappa shape index (κ2) is 4.93. The Balaban J connectivity index is 2.38. The van der Waals surface area contributed by atoms with Crippen LogP contribution in [0.15, 0.2) is 41.8 Å². The van der Waals surface area contributed by atoms with Gasteiger partial charge in [-0.3, -0.25) is 9.59 Å². The minimum absolute atomic E-state index is 0.0654. The van der Waals surface area contributed by atoms with Crippen molar-refractivity contribution >= 4 is 28.7 Å². The molecule has 1 N–H and O–H groups in total. The van der Waals surface area contributed by atoms with E-state index < -0.39 is 0 Å². The Morgan fingerprint density at radius 2 is 1.88 bits per heavy atom. The smallest absolute Gasteiger partial charge is 0.221 e. The minimum atomic E-state index is -0.184. The van der Waals surface area contributed by atoms with Crippen LogP contribution < -0.4 is 5.32 Å². The molecule has 1 heterocycles. The van der Waals surface area contributed by atoms with Gasteiger partial charge in [0.25, 0.3) is 0 Å². The van der Waals surface area contributed by atoms with Gasteiger partial charge in [-0.05, 0) is 23.6 Å². The molecule has 0 saturated carbocycles. The van der Waals surface area contributed by atoms with Gasteiger partial charge in [0.1, 0.15) is 0 Å². The molecule has 0 atom stereocenters. The summed E-state index contributed by atoms with van der Waals surface area (Å²) in [5.41, 5.74) is 1.07. The van der Waals surface area contributed by atoms with Crippen molar-refractivity contribution in [3.63, 3.8) is 0 Å². The van der Waals surface area contributed by atoms with Crippen molar-refractivity contribution in [1.82, 2.24) is 0 Å². The van der Waals surface area contributed by atoms with Crippen LogP contribution >= 0.6 is 11.3 Å². The summed E-state index contributed by atoms with van der Waals surface area (Å²) in [5.74, 6) is -0.249. The zero-order valence-electron chi connectivity index (χ0n) is 9.27. The van der Waals surface area contributed by atoms with Crippen LogP contribution in [0.25, 0.3) is 0 Å². The van der Waals surface area contributed by atoms with Gasteiger partial charge in [-0.15, -0.1) is 11.3 Å². The molecule has 0 bridgehead atoms. The van der Waals surface area contributed by atoms with E-state index in [2.05, 4.69) is 5.32 Å². The van der Waals surface area contributed by atoms with Gasteiger partial charge in [0.2, 0.25) is 11.7 Å². The summed E-state index contributed by atoms with van der Waals surface area (Å²) in [6.07, 6.45) is 0. The van der Waals surface area contributed by atoms with Gasteiger partial charge in [0, 0.05) is 12.5 Å². The number of nitrogens with one attached hydrogen (secondary N) is 1. The van der Waals surface area contributed by atoms with Crippen LogP contribution in [0.4, 0.5) is 5.69 Å². The summed E-state index contributed by atoms with van der Waals surface area (Å²) in [5, 5.41) is 4.52. The number of hydrogen-bond acceptors (Lipinski definition) is 3. The van der Waals surface area contributed by atoms with E-state index in [9.17, 15) is 9.59 Å². The summed E-state index contributed by atoms with van der Waals surface area (Å²) in [6, 6.07) is 10.6. The summed E-state index contributed by atoms with van der Waals surface area (Å²) < 4.78 is 0. The second-order valence-corrected chi connectivity index (χ2v) is 4.48. The number of benzene rings is 1. The predicted molar refractivity (Wildman–Crippen MR) is 68.5 cm³/mol. The van der Waals surface area contributed by atoms with Crippen LogP contribution in [0.5, 0.6) is 0 Å². The molecule has 0 fully saturated rings. The maximum absolute atomic E-state index is 12.2. The van der Waals surface area contributed by atoms with Gasteiger partial charge in [0.05, 0.1) is 10.6 Å². The summed E-state index contributed by atoms with van der Waals surface area (Å²) >= 11 is 1.39. The third-order valence-electron chi connectivity index (χ3n) is 2.23.